The summed E-state index contributed by atoms with van der Waals surface area (Å²) in [5.74, 6) is -0.324. The molecule has 0 aromatic rings. The number of carbonyl (C=O) groups excluding carboxylic acids is 2. The summed E-state index contributed by atoms with van der Waals surface area (Å²) >= 11 is 0. The monoisotopic (exact) mass is 273 g/mol. The maximum Gasteiger partial charge on any atom is 0.307 e. The Morgan fingerprint density at radius 2 is 1.79 bits per heavy atom. The first kappa shape index (κ1) is 17.9. The zero-order valence-corrected chi connectivity index (χ0v) is 12.4. The fraction of sp³-hybridized carbons (Fsp3) is 0.857. The van der Waals surface area contributed by atoms with E-state index in [0.29, 0.717) is 19.7 Å². The van der Waals surface area contributed by atoms with Gasteiger partial charge >= 0.3 is 5.97 Å². The molecule has 0 aliphatic rings. The summed E-state index contributed by atoms with van der Waals surface area (Å²) in [5, 5.41) is 0. The van der Waals surface area contributed by atoms with Crippen LogP contribution in [0.4, 0.5) is 0 Å². The van der Waals surface area contributed by atoms with Gasteiger partial charge in [0.1, 0.15) is 6.61 Å². The Balaban J connectivity index is 4.09. The van der Waals surface area contributed by atoms with Crippen molar-refractivity contribution < 1.29 is 19.1 Å². The van der Waals surface area contributed by atoms with Crippen LogP contribution in [-0.2, 0) is 19.1 Å². The second-order valence-electron chi connectivity index (χ2n) is 4.43. The zero-order valence-electron chi connectivity index (χ0n) is 12.4. The number of unbranched alkanes of at least 4 members (excludes halogenated alkanes) is 3. The van der Waals surface area contributed by atoms with Crippen molar-refractivity contribution in [1.29, 1.82) is 0 Å². The molecule has 0 bridgehead atoms. The summed E-state index contributed by atoms with van der Waals surface area (Å²) in [6.45, 7) is 5.46. The van der Waals surface area contributed by atoms with E-state index in [-0.39, 0.29) is 24.9 Å². The van der Waals surface area contributed by atoms with Crippen LogP contribution in [0.2, 0.25) is 0 Å². The van der Waals surface area contributed by atoms with Crippen LogP contribution in [0, 0.1) is 0 Å². The van der Waals surface area contributed by atoms with Crippen molar-refractivity contribution in [1.82, 2.24) is 4.90 Å². The van der Waals surface area contributed by atoms with Gasteiger partial charge in [-0.3, -0.25) is 9.59 Å². The summed E-state index contributed by atoms with van der Waals surface area (Å²) in [5.41, 5.74) is 0. The Kier molecular flexibility index (Phi) is 11.3. The molecule has 0 atom stereocenters. The second-order valence-corrected chi connectivity index (χ2v) is 4.43. The van der Waals surface area contributed by atoms with Gasteiger partial charge in [-0.2, -0.15) is 0 Å². The largest absolute Gasteiger partial charge is 0.466 e. The molecule has 0 unspecified atom stereocenters. The minimum absolute atomic E-state index is 0.0661. The first-order valence-corrected chi connectivity index (χ1v) is 7.08. The smallest absolute Gasteiger partial charge is 0.307 e. The lowest BCUT2D eigenvalue weighted by Gasteiger charge is -2.22. The predicted octanol–water partition coefficient (Wildman–Crippen LogP) is 1.99. The maximum absolute atomic E-state index is 11.8. The normalized spacial score (nSPS) is 10.3. The SMILES string of the molecule is CCCCCCN(CCC(=O)OCC)C(=O)COC. The molecule has 0 rings (SSSR count). The van der Waals surface area contributed by atoms with Crippen LogP contribution in [0.1, 0.15) is 46.0 Å². The third-order valence-corrected chi connectivity index (χ3v) is 2.79. The Labute approximate surface area is 116 Å². The van der Waals surface area contributed by atoms with Crippen LogP contribution >= 0.6 is 0 Å². The first-order valence-electron chi connectivity index (χ1n) is 7.08. The number of carbonyl (C=O) groups is 2. The van der Waals surface area contributed by atoms with Gasteiger partial charge in [0.25, 0.3) is 0 Å². The van der Waals surface area contributed by atoms with Crippen LogP contribution < -0.4 is 0 Å². The van der Waals surface area contributed by atoms with Crippen molar-refractivity contribution in [3.8, 4) is 0 Å². The maximum atomic E-state index is 11.8. The second kappa shape index (κ2) is 12.0. The number of nitrogens with zero attached hydrogens (tertiary/aromatic N) is 1. The van der Waals surface area contributed by atoms with E-state index in [1.54, 1.807) is 11.8 Å². The summed E-state index contributed by atoms with van der Waals surface area (Å²) in [4.78, 5) is 24.8. The number of amides is 1. The summed E-state index contributed by atoms with van der Waals surface area (Å²) < 4.78 is 9.73. The average molecular weight is 273 g/mol. The number of methoxy groups -OCH3 is 1. The Morgan fingerprint density at radius 1 is 1.05 bits per heavy atom. The number of ether oxygens (including phenoxy) is 2. The number of hydrogen-bond acceptors (Lipinski definition) is 4. The molecule has 0 radical (unpaired) electrons. The number of esters is 1. The lowest BCUT2D eigenvalue weighted by Crippen LogP contribution is -2.36. The van der Waals surface area contributed by atoms with Gasteiger partial charge in [0.05, 0.1) is 13.0 Å². The molecule has 0 aromatic carbocycles. The molecular formula is C14H27NO4. The van der Waals surface area contributed by atoms with Gasteiger partial charge in [0, 0.05) is 20.2 Å². The van der Waals surface area contributed by atoms with E-state index >= 15 is 0 Å². The lowest BCUT2D eigenvalue weighted by molar-refractivity contribution is -0.144. The summed E-state index contributed by atoms with van der Waals surface area (Å²) in [6, 6.07) is 0. The Hall–Kier alpha value is -1.10. The van der Waals surface area contributed by atoms with E-state index < -0.39 is 0 Å². The van der Waals surface area contributed by atoms with Crippen LogP contribution in [0.3, 0.4) is 0 Å². The molecule has 0 fully saturated rings. The Morgan fingerprint density at radius 3 is 2.37 bits per heavy atom. The van der Waals surface area contributed by atoms with E-state index in [4.69, 9.17) is 9.47 Å². The van der Waals surface area contributed by atoms with Crippen molar-refractivity contribution in [2.75, 3.05) is 33.4 Å². The molecular weight excluding hydrogens is 246 g/mol. The van der Waals surface area contributed by atoms with E-state index in [1.807, 2.05) is 0 Å². The molecule has 0 aliphatic heterocycles. The van der Waals surface area contributed by atoms with Gasteiger partial charge in [-0.1, -0.05) is 26.2 Å². The van der Waals surface area contributed by atoms with Crippen LogP contribution in [0.15, 0.2) is 0 Å². The zero-order chi connectivity index (χ0) is 14.5. The summed E-state index contributed by atoms with van der Waals surface area (Å²) in [7, 11) is 1.50. The Bertz CT molecular complexity index is 256. The quantitative estimate of drug-likeness (QED) is 0.427. The summed E-state index contributed by atoms with van der Waals surface area (Å²) in [6.07, 6.45) is 4.65. The minimum atomic E-state index is -0.258. The molecule has 0 aromatic heterocycles. The van der Waals surface area contributed by atoms with E-state index in [0.717, 1.165) is 19.3 Å². The van der Waals surface area contributed by atoms with Crippen molar-refractivity contribution in [2.24, 2.45) is 0 Å². The molecule has 112 valence electrons. The molecule has 0 N–H and O–H groups in total. The van der Waals surface area contributed by atoms with Gasteiger partial charge in [-0.05, 0) is 13.3 Å². The highest BCUT2D eigenvalue weighted by molar-refractivity contribution is 5.78. The molecule has 0 heterocycles. The number of hydrogen-bond donors (Lipinski definition) is 0. The third-order valence-electron chi connectivity index (χ3n) is 2.79. The van der Waals surface area contributed by atoms with E-state index in [1.165, 1.54) is 13.5 Å². The van der Waals surface area contributed by atoms with Gasteiger partial charge in [0.2, 0.25) is 5.91 Å². The van der Waals surface area contributed by atoms with E-state index in [2.05, 4.69) is 6.92 Å². The molecule has 1 amide bonds. The molecule has 0 aliphatic carbocycles. The molecule has 0 spiro atoms. The topological polar surface area (TPSA) is 55.8 Å². The van der Waals surface area contributed by atoms with Gasteiger partial charge in [-0.25, -0.2) is 0 Å². The highest BCUT2D eigenvalue weighted by Gasteiger charge is 2.14. The first-order chi connectivity index (χ1) is 9.15. The fourth-order valence-corrected chi connectivity index (χ4v) is 1.76. The van der Waals surface area contributed by atoms with Crippen LogP contribution in [-0.4, -0.2) is 50.2 Å². The van der Waals surface area contributed by atoms with Gasteiger partial charge in [-0.15, -0.1) is 0 Å². The van der Waals surface area contributed by atoms with Crippen molar-refractivity contribution >= 4 is 11.9 Å². The molecule has 5 heteroatoms. The number of rotatable bonds is 11. The van der Waals surface area contributed by atoms with Gasteiger partial charge < -0.3 is 14.4 Å². The van der Waals surface area contributed by atoms with Gasteiger partial charge in [0.15, 0.2) is 0 Å². The molecule has 0 saturated carbocycles. The molecule has 19 heavy (non-hydrogen) atoms. The molecule has 5 nitrogen and oxygen atoms in total. The fourth-order valence-electron chi connectivity index (χ4n) is 1.76. The van der Waals surface area contributed by atoms with Crippen molar-refractivity contribution in [2.45, 2.75) is 46.0 Å². The van der Waals surface area contributed by atoms with Crippen molar-refractivity contribution in [3.05, 3.63) is 0 Å². The standard InChI is InChI=1S/C14H27NO4/c1-4-6-7-8-10-15(13(16)12-18-3)11-9-14(17)19-5-2/h4-12H2,1-3H3. The van der Waals surface area contributed by atoms with Crippen LogP contribution in [0.25, 0.3) is 0 Å². The predicted molar refractivity (Wildman–Crippen MR) is 73.8 cm³/mol. The van der Waals surface area contributed by atoms with Crippen molar-refractivity contribution in [3.63, 3.8) is 0 Å². The lowest BCUT2D eigenvalue weighted by atomic mass is 10.2. The van der Waals surface area contributed by atoms with Crippen LogP contribution in [0.5, 0.6) is 0 Å². The average Bonchev–Trinajstić information content (AvgIpc) is 2.38. The molecule has 0 saturated heterocycles. The highest BCUT2D eigenvalue weighted by atomic mass is 16.5. The highest BCUT2D eigenvalue weighted by Crippen LogP contribution is 2.03. The minimum Gasteiger partial charge on any atom is -0.466 e. The third kappa shape index (κ3) is 9.47. The van der Waals surface area contributed by atoms with E-state index in [9.17, 15) is 9.59 Å².